The highest BCUT2D eigenvalue weighted by molar-refractivity contribution is 7.80. The van der Waals surface area contributed by atoms with Crippen LogP contribution in [0.25, 0.3) is 0 Å². The Bertz CT molecular complexity index is 297. The van der Waals surface area contributed by atoms with E-state index in [1.807, 2.05) is 0 Å². The van der Waals surface area contributed by atoms with Gasteiger partial charge in [-0.3, -0.25) is 0 Å². The van der Waals surface area contributed by atoms with E-state index in [1.165, 1.54) is 11.3 Å². The van der Waals surface area contributed by atoms with E-state index in [0.717, 1.165) is 31.7 Å². The first-order valence-electron chi connectivity index (χ1n) is 5.88. The van der Waals surface area contributed by atoms with Gasteiger partial charge in [-0.2, -0.15) is 12.6 Å². The quantitative estimate of drug-likeness (QED) is 0.563. The van der Waals surface area contributed by atoms with Crippen LogP contribution in [0, 0.1) is 0 Å². The van der Waals surface area contributed by atoms with E-state index in [1.54, 1.807) is 0 Å². The molecule has 0 saturated carbocycles. The first-order chi connectivity index (χ1) is 8.31. The van der Waals surface area contributed by atoms with Crippen molar-refractivity contribution in [1.29, 1.82) is 0 Å². The number of hydrogen-bond acceptors (Lipinski definition) is 2. The molecule has 0 N–H and O–H groups in total. The van der Waals surface area contributed by atoms with Crippen LogP contribution in [-0.4, -0.2) is 30.6 Å². The van der Waals surface area contributed by atoms with E-state index >= 15 is 0 Å². The fraction of sp³-hybridized carbons (Fsp3) is 0.538. The van der Waals surface area contributed by atoms with E-state index in [2.05, 4.69) is 41.8 Å². The second-order valence-corrected chi connectivity index (χ2v) is 5.06. The summed E-state index contributed by atoms with van der Waals surface area (Å²) in [5.41, 5.74) is 2.56. The van der Waals surface area contributed by atoms with Gasteiger partial charge in [0.15, 0.2) is 0 Å². The zero-order valence-corrected chi connectivity index (χ0v) is 12.3. The second-order valence-electron chi connectivity index (χ2n) is 3.86. The molecule has 0 aromatic heterocycles. The average molecular weight is 292 g/mol. The molecule has 0 aliphatic carbocycles. The van der Waals surface area contributed by atoms with Crippen LogP contribution in [0.2, 0.25) is 0 Å². The minimum absolute atomic E-state index is 0.623. The molecule has 0 radical (unpaired) electrons. The third kappa shape index (κ3) is 5.41. The molecule has 4 heteroatoms. The fourth-order valence-corrected chi connectivity index (χ4v) is 2.30. The molecule has 1 aromatic carbocycles. The van der Waals surface area contributed by atoms with Crippen molar-refractivity contribution < 1.29 is 0 Å². The van der Waals surface area contributed by atoms with Crippen LogP contribution in [0.1, 0.15) is 12.0 Å². The molecule has 17 heavy (non-hydrogen) atoms. The molecule has 0 fully saturated rings. The number of anilines is 1. The molecule has 0 atom stereocenters. The number of alkyl halides is 2. The predicted molar refractivity (Wildman–Crippen MR) is 82.3 cm³/mol. The largest absolute Gasteiger partial charge is 0.369 e. The molecule has 0 saturated heterocycles. The molecule has 0 unspecified atom stereocenters. The van der Waals surface area contributed by atoms with Crippen LogP contribution >= 0.6 is 35.8 Å². The summed E-state index contributed by atoms with van der Waals surface area (Å²) in [6.45, 7) is 1.68. The van der Waals surface area contributed by atoms with Crippen molar-refractivity contribution in [3.63, 3.8) is 0 Å². The van der Waals surface area contributed by atoms with Gasteiger partial charge in [0.25, 0.3) is 0 Å². The van der Waals surface area contributed by atoms with E-state index in [0.29, 0.717) is 11.8 Å². The van der Waals surface area contributed by atoms with Crippen LogP contribution in [-0.2, 0) is 6.42 Å². The van der Waals surface area contributed by atoms with Crippen molar-refractivity contribution in [3.8, 4) is 0 Å². The van der Waals surface area contributed by atoms with Crippen LogP contribution in [0.15, 0.2) is 24.3 Å². The normalized spacial score (nSPS) is 10.5. The Kier molecular flexibility index (Phi) is 7.91. The van der Waals surface area contributed by atoms with Crippen LogP contribution in [0.4, 0.5) is 5.69 Å². The lowest BCUT2D eigenvalue weighted by molar-refractivity contribution is 0.871. The summed E-state index contributed by atoms with van der Waals surface area (Å²) in [5.74, 6) is 2.18. The fourth-order valence-electron chi connectivity index (χ4n) is 1.73. The molecule has 1 aromatic rings. The zero-order chi connectivity index (χ0) is 12.5. The average Bonchev–Trinajstić information content (AvgIpc) is 2.37. The standard InChI is InChI=1S/C13H19Cl2NS/c14-7-9-16(10-8-15)13-5-3-12(4-6-13)2-1-11-17/h3-6,17H,1-2,7-11H2. The Morgan fingerprint density at radius 2 is 1.59 bits per heavy atom. The highest BCUT2D eigenvalue weighted by Crippen LogP contribution is 2.16. The van der Waals surface area contributed by atoms with Crippen LogP contribution < -0.4 is 4.90 Å². The highest BCUT2D eigenvalue weighted by Gasteiger charge is 2.04. The van der Waals surface area contributed by atoms with Crippen molar-refractivity contribution in [2.24, 2.45) is 0 Å². The van der Waals surface area contributed by atoms with Gasteiger partial charge in [-0.15, -0.1) is 23.2 Å². The summed E-state index contributed by atoms with van der Waals surface area (Å²) in [6, 6.07) is 8.64. The first kappa shape index (κ1) is 15.0. The van der Waals surface area contributed by atoms with Gasteiger partial charge in [0.1, 0.15) is 0 Å². The van der Waals surface area contributed by atoms with Gasteiger partial charge >= 0.3 is 0 Å². The third-order valence-corrected chi connectivity index (χ3v) is 3.29. The lowest BCUT2D eigenvalue weighted by Crippen LogP contribution is -2.27. The first-order valence-corrected chi connectivity index (χ1v) is 7.58. The van der Waals surface area contributed by atoms with E-state index in [-0.39, 0.29) is 0 Å². The summed E-state index contributed by atoms with van der Waals surface area (Å²) < 4.78 is 0. The zero-order valence-electron chi connectivity index (χ0n) is 9.91. The molecular weight excluding hydrogens is 273 g/mol. The van der Waals surface area contributed by atoms with Gasteiger partial charge in [0.2, 0.25) is 0 Å². The van der Waals surface area contributed by atoms with Gasteiger partial charge in [-0.1, -0.05) is 12.1 Å². The van der Waals surface area contributed by atoms with E-state index < -0.39 is 0 Å². The number of halogens is 2. The maximum Gasteiger partial charge on any atom is 0.0399 e. The van der Waals surface area contributed by atoms with E-state index in [9.17, 15) is 0 Å². The summed E-state index contributed by atoms with van der Waals surface area (Å²) in [4.78, 5) is 2.21. The molecule has 0 bridgehead atoms. The van der Waals surface area contributed by atoms with Crippen molar-refractivity contribution in [1.82, 2.24) is 0 Å². The lowest BCUT2D eigenvalue weighted by atomic mass is 10.1. The van der Waals surface area contributed by atoms with Crippen molar-refractivity contribution in [2.75, 3.05) is 35.5 Å². The van der Waals surface area contributed by atoms with Gasteiger partial charge in [-0.25, -0.2) is 0 Å². The molecule has 1 nitrogen and oxygen atoms in total. The molecule has 0 heterocycles. The van der Waals surface area contributed by atoms with Gasteiger partial charge in [0, 0.05) is 30.5 Å². The Balaban J connectivity index is 2.63. The van der Waals surface area contributed by atoms with Crippen molar-refractivity contribution >= 4 is 41.5 Å². The molecule has 0 aliphatic heterocycles. The molecule has 0 aliphatic rings. The summed E-state index contributed by atoms with van der Waals surface area (Å²) in [7, 11) is 0. The number of nitrogens with zero attached hydrogens (tertiary/aromatic N) is 1. The van der Waals surface area contributed by atoms with Gasteiger partial charge in [0.05, 0.1) is 0 Å². The number of rotatable bonds is 8. The van der Waals surface area contributed by atoms with Crippen molar-refractivity contribution in [3.05, 3.63) is 29.8 Å². The molecule has 1 rings (SSSR count). The van der Waals surface area contributed by atoms with Gasteiger partial charge < -0.3 is 4.90 Å². The Morgan fingerprint density at radius 1 is 1.00 bits per heavy atom. The van der Waals surface area contributed by atoms with Crippen LogP contribution in [0.5, 0.6) is 0 Å². The molecular formula is C13H19Cl2NS. The minimum atomic E-state index is 0.623. The number of benzene rings is 1. The molecule has 0 amide bonds. The lowest BCUT2D eigenvalue weighted by Gasteiger charge is -2.23. The van der Waals surface area contributed by atoms with Gasteiger partial charge in [-0.05, 0) is 36.3 Å². The number of hydrogen-bond donors (Lipinski definition) is 1. The number of aryl methyl sites for hydroxylation is 1. The molecule has 0 spiro atoms. The van der Waals surface area contributed by atoms with Crippen molar-refractivity contribution in [2.45, 2.75) is 12.8 Å². The Hall–Kier alpha value is -0.0500. The highest BCUT2D eigenvalue weighted by atomic mass is 35.5. The topological polar surface area (TPSA) is 3.24 Å². The van der Waals surface area contributed by atoms with E-state index in [4.69, 9.17) is 23.2 Å². The monoisotopic (exact) mass is 291 g/mol. The minimum Gasteiger partial charge on any atom is -0.369 e. The SMILES string of the molecule is SCCCc1ccc(N(CCCl)CCCl)cc1. The number of thiol groups is 1. The predicted octanol–water partition coefficient (Wildman–Crippen LogP) is 3.83. The Morgan fingerprint density at radius 3 is 2.06 bits per heavy atom. The summed E-state index contributed by atoms with van der Waals surface area (Å²) >= 11 is 15.8. The smallest absolute Gasteiger partial charge is 0.0399 e. The van der Waals surface area contributed by atoms with Crippen LogP contribution in [0.3, 0.4) is 0 Å². The maximum absolute atomic E-state index is 5.79. The molecule has 96 valence electrons. The summed E-state index contributed by atoms with van der Waals surface area (Å²) in [6.07, 6.45) is 2.21. The maximum atomic E-state index is 5.79. The third-order valence-electron chi connectivity index (χ3n) is 2.63. The Labute approximate surface area is 120 Å². The second kappa shape index (κ2) is 8.96. The summed E-state index contributed by atoms with van der Waals surface area (Å²) in [5, 5.41) is 0.